The zero-order valence-electron chi connectivity index (χ0n) is 8.61. The van der Waals surface area contributed by atoms with Gasteiger partial charge in [0.15, 0.2) is 5.82 Å². The Kier molecular flexibility index (Phi) is 2.42. The minimum absolute atomic E-state index is 0.108. The molecule has 1 aromatic rings. The molecule has 1 aromatic heterocycles. The molecule has 0 radical (unpaired) electrons. The lowest BCUT2D eigenvalue weighted by atomic mass is 9.85. The molecule has 1 aliphatic carbocycles. The summed E-state index contributed by atoms with van der Waals surface area (Å²) in [6.07, 6.45) is 3.67. The smallest absolute Gasteiger partial charge is 0.229 e. The number of hydrogen-bond donors (Lipinski definition) is 1. The Hall–Kier alpha value is -0.940. The fourth-order valence-electron chi connectivity index (χ4n) is 1.94. The second kappa shape index (κ2) is 3.90. The number of rotatable bonds is 2. The lowest BCUT2D eigenvalue weighted by Crippen LogP contribution is -2.35. The summed E-state index contributed by atoms with van der Waals surface area (Å²) in [4.78, 5) is 4.44. The van der Waals surface area contributed by atoms with Crippen molar-refractivity contribution >= 4 is 0 Å². The van der Waals surface area contributed by atoms with Crippen LogP contribution in [0.3, 0.4) is 0 Å². The molecule has 0 spiro atoms. The van der Waals surface area contributed by atoms with Crippen molar-refractivity contribution in [1.29, 1.82) is 0 Å². The fourth-order valence-corrected chi connectivity index (χ4v) is 1.94. The van der Waals surface area contributed by atoms with Crippen LogP contribution in [-0.4, -0.2) is 29.9 Å². The molecule has 2 fully saturated rings. The van der Waals surface area contributed by atoms with Gasteiger partial charge in [-0.1, -0.05) is 11.6 Å². The first kappa shape index (κ1) is 9.30. The Morgan fingerprint density at radius 1 is 1.33 bits per heavy atom. The van der Waals surface area contributed by atoms with Crippen molar-refractivity contribution < 1.29 is 9.26 Å². The first-order valence-electron chi connectivity index (χ1n) is 5.58. The van der Waals surface area contributed by atoms with Crippen LogP contribution in [0, 0.1) is 0 Å². The van der Waals surface area contributed by atoms with Crippen molar-refractivity contribution in [2.45, 2.75) is 31.2 Å². The lowest BCUT2D eigenvalue weighted by Gasteiger charge is -2.21. The standard InChI is InChI=1S/C10H15N3O2/c1-2-7(3-1)10-12-9(13-15-10)8-6-14-5-4-11-8/h7-8,11H,1-6H2. The summed E-state index contributed by atoms with van der Waals surface area (Å²) >= 11 is 0. The fraction of sp³-hybridized carbons (Fsp3) is 0.800. The minimum Gasteiger partial charge on any atom is -0.378 e. The van der Waals surface area contributed by atoms with Crippen LogP contribution in [0.4, 0.5) is 0 Å². The van der Waals surface area contributed by atoms with Crippen LogP contribution in [0.15, 0.2) is 4.52 Å². The van der Waals surface area contributed by atoms with E-state index in [0.29, 0.717) is 12.5 Å². The van der Waals surface area contributed by atoms with Gasteiger partial charge in [-0.2, -0.15) is 4.98 Å². The zero-order valence-corrected chi connectivity index (χ0v) is 8.61. The van der Waals surface area contributed by atoms with Gasteiger partial charge in [0.05, 0.1) is 19.3 Å². The van der Waals surface area contributed by atoms with Gasteiger partial charge in [0.2, 0.25) is 5.89 Å². The average molecular weight is 209 g/mol. The number of morpholine rings is 1. The van der Waals surface area contributed by atoms with Gasteiger partial charge in [-0.05, 0) is 12.8 Å². The largest absolute Gasteiger partial charge is 0.378 e. The van der Waals surface area contributed by atoms with E-state index in [4.69, 9.17) is 9.26 Å². The van der Waals surface area contributed by atoms with E-state index in [-0.39, 0.29) is 6.04 Å². The summed E-state index contributed by atoms with van der Waals surface area (Å²) in [5, 5.41) is 7.33. The molecule has 1 saturated heterocycles. The highest BCUT2D eigenvalue weighted by Gasteiger charge is 2.27. The molecule has 1 N–H and O–H groups in total. The Bertz CT molecular complexity index is 329. The van der Waals surface area contributed by atoms with Crippen LogP contribution in [0.2, 0.25) is 0 Å². The molecule has 1 atom stereocenters. The number of ether oxygens (including phenoxy) is 1. The van der Waals surface area contributed by atoms with E-state index in [2.05, 4.69) is 15.5 Å². The van der Waals surface area contributed by atoms with Gasteiger partial charge >= 0.3 is 0 Å². The van der Waals surface area contributed by atoms with Gasteiger partial charge in [0.1, 0.15) is 0 Å². The molecule has 0 amide bonds. The van der Waals surface area contributed by atoms with Gasteiger partial charge in [-0.15, -0.1) is 0 Å². The monoisotopic (exact) mass is 209 g/mol. The van der Waals surface area contributed by atoms with Crippen molar-refractivity contribution in [1.82, 2.24) is 15.5 Å². The lowest BCUT2D eigenvalue weighted by molar-refractivity contribution is 0.0734. The van der Waals surface area contributed by atoms with Crippen LogP contribution < -0.4 is 5.32 Å². The highest BCUT2D eigenvalue weighted by Crippen LogP contribution is 2.35. The van der Waals surface area contributed by atoms with Gasteiger partial charge in [0.25, 0.3) is 0 Å². The predicted molar refractivity (Wildman–Crippen MR) is 52.5 cm³/mol. The van der Waals surface area contributed by atoms with E-state index in [0.717, 1.165) is 24.9 Å². The molecule has 82 valence electrons. The SMILES string of the molecule is C1CC(c2nc(C3COCCN3)no2)C1. The third-order valence-electron chi connectivity index (χ3n) is 3.15. The molecule has 1 saturated carbocycles. The Labute approximate surface area is 88.2 Å². The van der Waals surface area contributed by atoms with Crippen LogP contribution in [0.25, 0.3) is 0 Å². The molecule has 2 aliphatic rings. The van der Waals surface area contributed by atoms with E-state index in [1.807, 2.05) is 0 Å². The third-order valence-corrected chi connectivity index (χ3v) is 3.15. The third kappa shape index (κ3) is 1.77. The Morgan fingerprint density at radius 3 is 2.93 bits per heavy atom. The molecule has 2 heterocycles. The van der Waals surface area contributed by atoms with Crippen LogP contribution in [0.1, 0.15) is 42.9 Å². The van der Waals surface area contributed by atoms with Crippen molar-refractivity contribution in [3.05, 3.63) is 11.7 Å². The summed E-state index contributed by atoms with van der Waals surface area (Å²) in [6.45, 7) is 2.27. The van der Waals surface area contributed by atoms with E-state index in [9.17, 15) is 0 Å². The Morgan fingerprint density at radius 2 is 2.27 bits per heavy atom. The number of aromatic nitrogens is 2. The van der Waals surface area contributed by atoms with E-state index < -0.39 is 0 Å². The summed E-state index contributed by atoms with van der Waals surface area (Å²) in [5.74, 6) is 2.07. The maximum absolute atomic E-state index is 5.36. The second-order valence-electron chi connectivity index (χ2n) is 4.20. The maximum atomic E-state index is 5.36. The first-order chi connectivity index (χ1) is 7.43. The molecule has 0 aromatic carbocycles. The summed E-state index contributed by atoms with van der Waals surface area (Å²) < 4.78 is 10.6. The van der Waals surface area contributed by atoms with Crippen molar-refractivity contribution in [2.75, 3.05) is 19.8 Å². The van der Waals surface area contributed by atoms with Crippen molar-refractivity contribution in [3.8, 4) is 0 Å². The number of nitrogens with one attached hydrogen (secondary N) is 1. The van der Waals surface area contributed by atoms with Gasteiger partial charge in [0, 0.05) is 12.5 Å². The summed E-state index contributed by atoms with van der Waals surface area (Å²) in [5.41, 5.74) is 0. The van der Waals surface area contributed by atoms with Gasteiger partial charge in [-0.3, -0.25) is 0 Å². The second-order valence-corrected chi connectivity index (χ2v) is 4.20. The normalized spacial score (nSPS) is 27.6. The first-order valence-corrected chi connectivity index (χ1v) is 5.58. The molecular formula is C10H15N3O2. The quantitative estimate of drug-likeness (QED) is 0.787. The van der Waals surface area contributed by atoms with E-state index in [1.165, 1.54) is 19.3 Å². The van der Waals surface area contributed by atoms with Crippen LogP contribution >= 0.6 is 0 Å². The minimum atomic E-state index is 0.108. The molecule has 5 nitrogen and oxygen atoms in total. The van der Waals surface area contributed by atoms with E-state index >= 15 is 0 Å². The zero-order chi connectivity index (χ0) is 10.1. The molecular weight excluding hydrogens is 194 g/mol. The van der Waals surface area contributed by atoms with Crippen molar-refractivity contribution in [2.24, 2.45) is 0 Å². The van der Waals surface area contributed by atoms with Gasteiger partial charge in [-0.25, -0.2) is 0 Å². The van der Waals surface area contributed by atoms with Crippen LogP contribution in [0.5, 0.6) is 0 Å². The topological polar surface area (TPSA) is 60.2 Å². The van der Waals surface area contributed by atoms with Crippen LogP contribution in [-0.2, 0) is 4.74 Å². The Balaban J connectivity index is 1.71. The molecule has 15 heavy (non-hydrogen) atoms. The average Bonchev–Trinajstić information content (AvgIpc) is 2.66. The predicted octanol–water partition coefficient (Wildman–Crippen LogP) is 0.998. The number of hydrogen-bond acceptors (Lipinski definition) is 5. The highest BCUT2D eigenvalue weighted by atomic mass is 16.5. The molecule has 5 heteroatoms. The highest BCUT2D eigenvalue weighted by molar-refractivity contribution is 5.01. The summed E-state index contributed by atoms with van der Waals surface area (Å²) in [7, 11) is 0. The summed E-state index contributed by atoms with van der Waals surface area (Å²) in [6, 6.07) is 0.108. The molecule has 3 rings (SSSR count). The van der Waals surface area contributed by atoms with Gasteiger partial charge < -0.3 is 14.6 Å². The molecule has 0 bridgehead atoms. The van der Waals surface area contributed by atoms with Crippen molar-refractivity contribution in [3.63, 3.8) is 0 Å². The number of nitrogens with zero attached hydrogens (tertiary/aromatic N) is 2. The van der Waals surface area contributed by atoms with E-state index in [1.54, 1.807) is 0 Å². The maximum Gasteiger partial charge on any atom is 0.229 e. The molecule has 1 aliphatic heterocycles. The molecule has 1 unspecified atom stereocenters.